The fraction of sp³-hybridized carbons (Fsp3) is 0. The number of thiocarbonyl (C=S) groups is 1. The van der Waals surface area contributed by atoms with E-state index in [0.717, 1.165) is 0 Å². The van der Waals surface area contributed by atoms with Gasteiger partial charge in [-0.1, -0.05) is 29.3 Å². The van der Waals surface area contributed by atoms with Gasteiger partial charge in [-0.3, -0.25) is 30.7 Å². The molecule has 0 aliphatic carbocycles. The van der Waals surface area contributed by atoms with E-state index in [1.54, 1.807) is 30.3 Å². The van der Waals surface area contributed by atoms with Gasteiger partial charge >= 0.3 is 0 Å². The lowest BCUT2D eigenvalue weighted by atomic mass is 10.2. The number of furan rings is 1. The van der Waals surface area contributed by atoms with Crippen molar-refractivity contribution in [2.45, 2.75) is 0 Å². The van der Waals surface area contributed by atoms with Crippen molar-refractivity contribution in [2.75, 3.05) is 0 Å². The van der Waals surface area contributed by atoms with Gasteiger partial charge in [0.1, 0.15) is 11.5 Å². The molecule has 0 atom stereocenters. The summed E-state index contributed by atoms with van der Waals surface area (Å²) in [6, 6.07) is 11.7. The lowest BCUT2D eigenvalue weighted by molar-refractivity contribution is -0.115. The average Bonchev–Trinajstić information content (AvgIpc) is 3.22. The van der Waals surface area contributed by atoms with Gasteiger partial charge in [-0.2, -0.15) is 0 Å². The van der Waals surface area contributed by atoms with E-state index in [0.29, 0.717) is 32.7 Å². The molecule has 0 aliphatic heterocycles. The third-order valence-corrected chi connectivity index (χ3v) is 4.73. The van der Waals surface area contributed by atoms with E-state index < -0.39 is 11.8 Å². The third-order valence-electron chi connectivity index (χ3n) is 3.71. The van der Waals surface area contributed by atoms with Crippen molar-refractivity contribution in [3.63, 3.8) is 0 Å². The van der Waals surface area contributed by atoms with Crippen LogP contribution in [-0.4, -0.2) is 21.9 Å². The second-order valence-electron chi connectivity index (χ2n) is 5.77. The fourth-order valence-electron chi connectivity index (χ4n) is 2.31. The molecule has 152 valence electrons. The Balaban J connectivity index is 1.52. The number of halogens is 2. The van der Waals surface area contributed by atoms with Gasteiger partial charge in [0.2, 0.25) is 5.91 Å². The highest BCUT2D eigenvalue weighted by Crippen LogP contribution is 2.34. The molecule has 0 saturated carbocycles. The molecule has 2 aromatic heterocycles. The summed E-state index contributed by atoms with van der Waals surface area (Å²) >= 11 is 17.2. The Morgan fingerprint density at radius 2 is 1.80 bits per heavy atom. The normalized spacial score (nSPS) is 10.6. The Bertz CT molecular complexity index is 1120. The summed E-state index contributed by atoms with van der Waals surface area (Å²) in [6.07, 6.45) is 5.68. The van der Waals surface area contributed by atoms with E-state index in [2.05, 4.69) is 21.2 Å². The Hall–Kier alpha value is -3.20. The van der Waals surface area contributed by atoms with Crippen LogP contribution in [0.15, 0.2) is 65.4 Å². The molecular weight excluding hydrogens is 447 g/mol. The van der Waals surface area contributed by atoms with Crippen molar-refractivity contribution in [1.82, 2.24) is 21.2 Å². The summed E-state index contributed by atoms with van der Waals surface area (Å²) in [7, 11) is 0. The van der Waals surface area contributed by atoms with Crippen molar-refractivity contribution < 1.29 is 14.0 Å². The van der Waals surface area contributed by atoms with Crippen LogP contribution in [0.2, 0.25) is 10.0 Å². The summed E-state index contributed by atoms with van der Waals surface area (Å²) in [5.41, 5.74) is 5.84. The molecule has 0 radical (unpaired) electrons. The van der Waals surface area contributed by atoms with Gasteiger partial charge in [0, 0.05) is 29.6 Å². The first-order chi connectivity index (χ1) is 14.4. The molecule has 30 heavy (non-hydrogen) atoms. The van der Waals surface area contributed by atoms with E-state index in [1.165, 1.54) is 36.7 Å². The van der Waals surface area contributed by atoms with Gasteiger partial charge in [-0.15, -0.1) is 0 Å². The van der Waals surface area contributed by atoms with E-state index in [-0.39, 0.29) is 5.11 Å². The van der Waals surface area contributed by atoms with Gasteiger partial charge in [-0.05, 0) is 54.7 Å². The number of aromatic nitrogens is 1. The fourth-order valence-corrected chi connectivity index (χ4v) is 2.86. The lowest BCUT2D eigenvalue weighted by Gasteiger charge is -2.09. The minimum atomic E-state index is -0.510. The number of nitrogens with one attached hydrogen (secondary N) is 3. The van der Waals surface area contributed by atoms with Gasteiger partial charge in [0.15, 0.2) is 5.11 Å². The van der Waals surface area contributed by atoms with Crippen molar-refractivity contribution in [2.24, 2.45) is 0 Å². The second-order valence-corrected chi connectivity index (χ2v) is 6.96. The molecule has 0 fully saturated rings. The summed E-state index contributed by atoms with van der Waals surface area (Å²) in [5, 5.41) is 3.13. The van der Waals surface area contributed by atoms with Crippen molar-refractivity contribution in [3.05, 3.63) is 82.3 Å². The van der Waals surface area contributed by atoms with Crippen LogP contribution in [0.1, 0.15) is 16.1 Å². The molecule has 7 nitrogen and oxygen atoms in total. The molecule has 0 aliphatic rings. The summed E-state index contributed by atoms with van der Waals surface area (Å²) in [6.45, 7) is 0. The van der Waals surface area contributed by atoms with Crippen LogP contribution in [0.3, 0.4) is 0 Å². The summed E-state index contributed by atoms with van der Waals surface area (Å²) in [4.78, 5) is 27.7. The van der Waals surface area contributed by atoms with Crippen LogP contribution in [0.4, 0.5) is 0 Å². The number of nitrogens with zero attached hydrogens (tertiary/aromatic N) is 1. The van der Waals surface area contributed by atoms with Crippen LogP contribution in [0.25, 0.3) is 17.4 Å². The molecule has 10 heteroatoms. The average molecular weight is 461 g/mol. The van der Waals surface area contributed by atoms with Crippen molar-refractivity contribution >= 4 is 58.4 Å². The van der Waals surface area contributed by atoms with Crippen LogP contribution >= 0.6 is 35.4 Å². The standard InChI is InChI=1S/C20H14Cl2N4O3S/c21-15-3-1-2-14(18(15)22)16-6-4-13(29-16)5-7-17(27)24-20(30)26-25-19(28)12-8-10-23-11-9-12/h1-11H,(H,25,28)(H2,24,26,27,30). The second kappa shape index (κ2) is 10.0. The molecule has 3 rings (SSSR count). The van der Waals surface area contributed by atoms with Gasteiger partial charge < -0.3 is 4.42 Å². The molecule has 0 spiro atoms. The topological polar surface area (TPSA) is 96.3 Å². The Morgan fingerprint density at radius 3 is 2.57 bits per heavy atom. The van der Waals surface area contributed by atoms with Crippen LogP contribution < -0.4 is 16.2 Å². The largest absolute Gasteiger partial charge is 0.457 e. The molecule has 3 N–H and O–H groups in total. The molecule has 2 amide bonds. The van der Waals surface area contributed by atoms with E-state index >= 15 is 0 Å². The number of carbonyl (C=O) groups is 2. The molecule has 2 heterocycles. The first-order valence-electron chi connectivity index (χ1n) is 8.47. The van der Waals surface area contributed by atoms with Crippen LogP contribution in [0.5, 0.6) is 0 Å². The Labute approximate surface area is 187 Å². The van der Waals surface area contributed by atoms with E-state index in [9.17, 15) is 9.59 Å². The predicted molar refractivity (Wildman–Crippen MR) is 119 cm³/mol. The number of benzene rings is 1. The number of pyridine rings is 1. The smallest absolute Gasteiger partial charge is 0.269 e. The molecule has 3 aromatic rings. The molecule has 0 bridgehead atoms. The highest BCUT2D eigenvalue weighted by atomic mass is 35.5. The zero-order chi connectivity index (χ0) is 21.5. The first kappa shape index (κ1) is 21.5. The number of hydrazine groups is 1. The maximum absolute atomic E-state index is 12.0. The SMILES string of the molecule is O=C(C=Cc1ccc(-c2cccc(Cl)c2Cl)o1)NC(=S)NNC(=O)c1ccncc1. The first-order valence-corrected chi connectivity index (χ1v) is 9.64. The Kier molecular flexibility index (Phi) is 7.18. The van der Waals surface area contributed by atoms with E-state index in [4.69, 9.17) is 39.8 Å². The third kappa shape index (κ3) is 5.66. The minimum absolute atomic E-state index is 0.0714. The quantitative estimate of drug-likeness (QED) is 0.309. The zero-order valence-corrected chi connectivity index (χ0v) is 17.5. The summed E-state index contributed by atoms with van der Waals surface area (Å²) in [5.74, 6) is 0.0105. The van der Waals surface area contributed by atoms with Crippen LogP contribution in [0, 0.1) is 0 Å². The predicted octanol–water partition coefficient (Wildman–Crippen LogP) is 4.00. The van der Waals surface area contributed by atoms with Crippen molar-refractivity contribution in [3.8, 4) is 11.3 Å². The number of amides is 2. The monoisotopic (exact) mass is 460 g/mol. The number of hydrogen-bond acceptors (Lipinski definition) is 5. The van der Waals surface area contributed by atoms with E-state index in [1.807, 2.05) is 0 Å². The maximum Gasteiger partial charge on any atom is 0.269 e. The molecular formula is C20H14Cl2N4O3S. The van der Waals surface area contributed by atoms with Gasteiger partial charge in [0.25, 0.3) is 5.91 Å². The van der Waals surface area contributed by atoms with Crippen LogP contribution in [-0.2, 0) is 4.79 Å². The molecule has 1 aromatic carbocycles. The Morgan fingerprint density at radius 1 is 1.03 bits per heavy atom. The highest BCUT2D eigenvalue weighted by molar-refractivity contribution is 7.80. The number of carbonyl (C=O) groups excluding carboxylic acids is 2. The number of hydrogen-bond donors (Lipinski definition) is 3. The maximum atomic E-state index is 12.0. The minimum Gasteiger partial charge on any atom is -0.457 e. The molecule has 0 unspecified atom stereocenters. The number of rotatable bonds is 4. The zero-order valence-electron chi connectivity index (χ0n) is 15.2. The summed E-state index contributed by atoms with van der Waals surface area (Å²) < 4.78 is 5.67. The van der Waals surface area contributed by atoms with Gasteiger partial charge in [-0.25, -0.2) is 0 Å². The highest BCUT2D eigenvalue weighted by Gasteiger charge is 2.10. The molecule has 0 saturated heterocycles. The lowest BCUT2D eigenvalue weighted by Crippen LogP contribution is -2.48. The van der Waals surface area contributed by atoms with Gasteiger partial charge in [0.05, 0.1) is 10.0 Å². The van der Waals surface area contributed by atoms with Crippen molar-refractivity contribution in [1.29, 1.82) is 0 Å².